The maximum atomic E-state index is 5.42. The van der Waals surface area contributed by atoms with Gasteiger partial charge in [-0.15, -0.1) is 0 Å². The Bertz CT molecular complexity index is 853. The smallest absolute Gasteiger partial charge is 0.215 e. The fourth-order valence-electron chi connectivity index (χ4n) is 2.10. The van der Waals surface area contributed by atoms with Gasteiger partial charge in [0.05, 0.1) is 18.3 Å². The lowest BCUT2D eigenvalue weighted by Gasteiger charge is -2.08. The molecule has 0 unspecified atom stereocenters. The van der Waals surface area contributed by atoms with Gasteiger partial charge in [-0.05, 0) is 58.8 Å². The molecule has 0 aliphatic heterocycles. The first-order valence-electron chi connectivity index (χ1n) is 6.02. The molecule has 0 radical (unpaired) electrons. The van der Waals surface area contributed by atoms with Crippen LogP contribution in [0.25, 0.3) is 16.9 Å². The van der Waals surface area contributed by atoms with Crippen molar-refractivity contribution in [3.05, 3.63) is 45.1 Å². The number of halogens is 1. The minimum Gasteiger partial charge on any atom is -0.481 e. The average Bonchev–Trinajstić information content (AvgIpc) is 2.76. The summed E-state index contributed by atoms with van der Waals surface area (Å²) in [5.41, 5.74) is 3.74. The van der Waals surface area contributed by atoms with Crippen molar-refractivity contribution < 1.29 is 4.74 Å². The Kier molecular flexibility index (Phi) is 3.35. The zero-order valence-electron chi connectivity index (χ0n) is 11.0. The summed E-state index contributed by atoms with van der Waals surface area (Å²) in [6.07, 6.45) is 0. The molecule has 0 aliphatic rings. The number of methoxy groups -OCH3 is 1. The number of fused-ring (bicyclic) bond motifs is 1. The van der Waals surface area contributed by atoms with Gasteiger partial charge in [0.1, 0.15) is 0 Å². The molecule has 0 aliphatic carbocycles. The topological polar surface area (TPSA) is 42.8 Å². The van der Waals surface area contributed by atoms with Crippen LogP contribution in [0.5, 0.6) is 5.88 Å². The summed E-state index contributed by atoms with van der Waals surface area (Å²) in [5.74, 6) is 0.559. The summed E-state index contributed by atoms with van der Waals surface area (Å²) in [7, 11) is 1.60. The number of aryl methyl sites for hydroxylation is 1. The third-order valence-electron chi connectivity index (χ3n) is 3.06. The molecule has 0 saturated carbocycles. The fraction of sp³-hybridized carbons (Fsp3) is 0.143. The number of ether oxygens (including phenoxy) is 1. The van der Waals surface area contributed by atoms with Gasteiger partial charge < -0.3 is 9.72 Å². The zero-order chi connectivity index (χ0) is 14.3. The van der Waals surface area contributed by atoms with Crippen LogP contribution in [0.1, 0.15) is 5.56 Å². The van der Waals surface area contributed by atoms with E-state index < -0.39 is 0 Å². The van der Waals surface area contributed by atoms with Crippen LogP contribution < -0.4 is 4.74 Å². The lowest BCUT2D eigenvalue weighted by atomic mass is 10.2. The molecule has 4 nitrogen and oxygen atoms in total. The number of aromatic amines is 1. The fourth-order valence-corrected chi connectivity index (χ4v) is 2.82. The third kappa shape index (κ3) is 2.14. The Morgan fingerprint density at radius 1 is 1.30 bits per heavy atom. The van der Waals surface area contributed by atoms with Crippen molar-refractivity contribution in [2.24, 2.45) is 0 Å². The molecule has 0 spiro atoms. The van der Waals surface area contributed by atoms with E-state index in [-0.39, 0.29) is 0 Å². The van der Waals surface area contributed by atoms with Gasteiger partial charge in [0.15, 0.2) is 10.4 Å². The molecule has 3 aromatic rings. The van der Waals surface area contributed by atoms with Gasteiger partial charge in [-0.1, -0.05) is 6.07 Å². The molecule has 0 atom stereocenters. The summed E-state index contributed by atoms with van der Waals surface area (Å²) in [5, 5.41) is 0. The molecule has 3 rings (SSSR count). The van der Waals surface area contributed by atoms with Gasteiger partial charge in [-0.2, -0.15) is 4.98 Å². The predicted molar refractivity (Wildman–Crippen MR) is 85.2 cm³/mol. The van der Waals surface area contributed by atoms with E-state index in [0.717, 1.165) is 26.9 Å². The molecule has 0 bridgehead atoms. The quantitative estimate of drug-likeness (QED) is 0.706. The standard InChI is InChI=1S/C14H12BrN3OS/c1-8-3-4-9(15)11(7-8)18-13-10(16-14(18)20)5-6-12(17-13)19-2/h3-7H,1-2H3,(H,16,20). The number of nitrogens with zero attached hydrogens (tertiary/aromatic N) is 2. The normalized spacial score (nSPS) is 10.9. The Morgan fingerprint density at radius 2 is 2.10 bits per heavy atom. The molecular weight excluding hydrogens is 338 g/mol. The van der Waals surface area contributed by atoms with E-state index >= 15 is 0 Å². The van der Waals surface area contributed by atoms with Crippen molar-refractivity contribution in [3.8, 4) is 11.6 Å². The molecule has 20 heavy (non-hydrogen) atoms. The van der Waals surface area contributed by atoms with Crippen molar-refractivity contribution in [2.75, 3.05) is 7.11 Å². The summed E-state index contributed by atoms with van der Waals surface area (Å²) >= 11 is 8.99. The van der Waals surface area contributed by atoms with Crippen LogP contribution in [0, 0.1) is 11.7 Å². The number of rotatable bonds is 2. The number of aromatic nitrogens is 3. The first-order valence-corrected chi connectivity index (χ1v) is 7.22. The summed E-state index contributed by atoms with van der Waals surface area (Å²) in [6.45, 7) is 2.04. The van der Waals surface area contributed by atoms with Gasteiger partial charge in [0.25, 0.3) is 0 Å². The highest BCUT2D eigenvalue weighted by molar-refractivity contribution is 9.10. The molecule has 102 valence electrons. The van der Waals surface area contributed by atoms with Crippen LogP contribution in [-0.2, 0) is 0 Å². The van der Waals surface area contributed by atoms with Crippen LogP contribution in [-0.4, -0.2) is 21.6 Å². The van der Waals surface area contributed by atoms with Crippen LogP contribution in [0.2, 0.25) is 0 Å². The monoisotopic (exact) mass is 349 g/mol. The van der Waals surface area contributed by atoms with Gasteiger partial charge in [-0.3, -0.25) is 4.57 Å². The average molecular weight is 350 g/mol. The summed E-state index contributed by atoms with van der Waals surface area (Å²) in [4.78, 5) is 7.65. The number of hydrogen-bond donors (Lipinski definition) is 1. The Morgan fingerprint density at radius 3 is 2.85 bits per heavy atom. The van der Waals surface area contributed by atoms with Crippen molar-refractivity contribution in [1.29, 1.82) is 0 Å². The second-order valence-electron chi connectivity index (χ2n) is 4.45. The molecule has 1 N–H and O–H groups in total. The summed E-state index contributed by atoms with van der Waals surface area (Å²) < 4.78 is 8.67. The van der Waals surface area contributed by atoms with Crippen molar-refractivity contribution in [2.45, 2.75) is 6.92 Å². The van der Waals surface area contributed by atoms with E-state index in [2.05, 4.69) is 32.0 Å². The number of hydrogen-bond acceptors (Lipinski definition) is 3. The minimum absolute atomic E-state index is 0.559. The molecule has 0 fully saturated rings. The number of H-pyrrole nitrogens is 1. The van der Waals surface area contributed by atoms with Gasteiger partial charge in [0.2, 0.25) is 5.88 Å². The third-order valence-corrected chi connectivity index (χ3v) is 4.01. The van der Waals surface area contributed by atoms with Crippen LogP contribution in [0.4, 0.5) is 0 Å². The predicted octanol–water partition coefficient (Wildman–Crippen LogP) is 4.16. The van der Waals surface area contributed by atoms with Crippen molar-refractivity contribution >= 4 is 39.3 Å². The largest absolute Gasteiger partial charge is 0.481 e. The molecule has 1 aromatic carbocycles. The Balaban J connectivity index is 2.37. The highest BCUT2D eigenvalue weighted by atomic mass is 79.9. The van der Waals surface area contributed by atoms with E-state index in [9.17, 15) is 0 Å². The SMILES string of the molecule is COc1ccc2[nH]c(=S)n(-c3cc(C)ccc3Br)c2n1. The van der Waals surface area contributed by atoms with E-state index in [4.69, 9.17) is 17.0 Å². The number of benzene rings is 1. The second-order valence-corrected chi connectivity index (χ2v) is 5.69. The van der Waals surface area contributed by atoms with Gasteiger partial charge in [-0.25, -0.2) is 0 Å². The van der Waals surface area contributed by atoms with Crippen molar-refractivity contribution in [1.82, 2.24) is 14.5 Å². The minimum atomic E-state index is 0.559. The maximum Gasteiger partial charge on any atom is 0.215 e. The Labute approximate surface area is 129 Å². The van der Waals surface area contributed by atoms with Gasteiger partial charge >= 0.3 is 0 Å². The Hall–Kier alpha value is -1.66. The highest BCUT2D eigenvalue weighted by Gasteiger charge is 2.12. The van der Waals surface area contributed by atoms with Crippen LogP contribution in [0.15, 0.2) is 34.8 Å². The lowest BCUT2D eigenvalue weighted by molar-refractivity contribution is 0.399. The first kappa shape index (κ1) is 13.3. The number of pyridine rings is 1. The first-order chi connectivity index (χ1) is 9.60. The highest BCUT2D eigenvalue weighted by Crippen LogP contribution is 2.27. The molecule has 2 aromatic heterocycles. The van der Waals surface area contributed by atoms with Gasteiger partial charge in [0, 0.05) is 10.5 Å². The second kappa shape index (κ2) is 5.03. The molecule has 6 heteroatoms. The molecular formula is C14H12BrN3OS. The number of nitrogens with one attached hydrogen (secondary N) is 1. The lowest BCUT2D eigenvalue weighted by Crippen LogP contribution is -1.98. The van der Waals surface area contributed by atoms with E-state index in [0.29, 0.717) is 10.7 Å². The van der Waals surface area contributed by atoms with E-state index in [1.165, 1.54) is 0 Å². The molecule has 0 amide bonds. The molecule has 2 heterocycles. The number of imidazole rings is 1. The van der Waals surface area contributed by atoms with E-state index in [1.54, 1.807) is 7.11 Å². The zero-order valence-corrected chi connectivity index (χ0v) is 13.4. The van der Waals surface area contributed by atoms with Crippen LogP contribution >= 0.6 is 28.1 Å². The summed E-state index contributed by atoms with van der Waals surface area (Å²) in [6, 6.07) is 9.83. The van der Waals surface area contributed by atoms with Crippen molar-refractivity contribution in [3.63, 3.8) is 0 Å². The molecule has 0 saturated heterocycles. The van der Waals surface area contributed by atoms with Crippen LogP contribution in [0.3, 0.4) is 0 Å². The maximum absolute atomic E-state index is 5.42. The van der Waals surface area contributed by atoms with E-state index in [1.807, 2.05) is 35.8 Å².